The Morgan fingerprint density at radius 3 is 2.27 bits per heavy atom. The van der Waals surface area contributed by atoms with Crippen LogP contribution in [-0.4, -0.2) is 26.8 Å². The maximum atomic E-state index is 12.7. The number of hydrogen-bond acceptors (Lipinski definition) is 4. The van der Waals surface area contributed by atoms with Crippen LogP contribution >= 0.6 is 0 Å². The van der Waals surface area contributed by atoms with E-state index < -0.39 is 15.9 Å². The van der Waals surface area contributed by atoms with Crippen LogP contribution in [0.2, 0.25) is 0 Å². The van der Waals surface area contributed by atoms with Crippen molar-refractivity contribution >= 4 is 27.8 Å². The molecule has 0 spiro atoms. The number of anilines is 1. The molecular weight excluding hydrogens is 398 g/mol. The maximum absolute atomic E-state index is 12.7. The molecule has 0 aliphatic heterocycles. The van der Waals surface area contributed by atoms with Gasteiger partial charge in [0.25, 0.3) is 5.91 Å². The van der Waals surface area contributed by atoms with Gasteiger partial charge in [-0.25, -0.2) is 13.8 Å². The summed E-state index contributed by atoms with van der Waals surface area (Å²) in [5.41, 5.74) is 5.79. The highest BCUT2D eigenvalue weighted by atomic mass is 32.2. The molecule has 0 radical (unpaired) electrons. The number of sulfonamides is 1. The predicted octanol–water partition coefficient (Wildman–Crippen LogP) is 3.73. The van der Waals surface area contributed by atoms with Gasteiger partial charge >= 0.3 is 0 Å². The summed E-state index contributed by atoms with van der Waals surface area (Å²) in [7, 11) is -3.62. The third-order valence-electron chi connectivity index (χ3n) is 4.44. The van der Waals surface area contributed by atoms with Crippen molar-refractivity contribution in [2.24, 2.45) is 5.10 Å². The number of benzene rings is 3. The van der Waals surface area contributed by atoms with Crippen molar-refractivity contribution in [3.63, 3.8) is 0 Å². The van der Waals surface area contributed by atoms with Crippen molar-refractivity contribution in [3.05, 3.63) is 101 Å². The molecule has 0 atom stereocenters. The molecule has 0 heterocycles. The van der Waals surface area contributed by atoms with Gasteiger partial charge in [-0.2, -0.15) is 5.10 Å². The number of nitrogens with one attached hydrogen (secondary N) is 1. The van der Waals surface area contributed by atoms with E-state index >= 15 is 0 Å². The second-order valence-electron chi connectivity index (χ2n) is 6.88. The lowest BCUT2D eigenvalue weighted by molar-refractivity contribution is 0.0956. The van der Waals surface area contributed by atoms with Crippen molar-refractivity contribution < 1.29 is 13.2 Å². The van der Waals surface area contributed by atoms with E-state index in [-0.39, 0.29) is 12.1 Å². The van der Waals surface area contributed by atoms with E-state index in [0.717, 1.165) is 22.9 Å². The fraction of sp³-hybridized carbons (Fsp3) is 0.130. The van der Waals surface area contributed by atoms with E-state index in [0.29, 0.717) is 5.69 Å². The number of carbonyl (C=O) groups excluding carboxylic acids is 1. The van der Waals surface area contributed by atoms with Gasteiger partial charge < -0.3 is 0 Å². The number of hydrazone groups is 1. The summed E-state index contributed by atoms with van der Waals surface area (Å²) in [4.78, 5) is 12.7. The molecule has 0 aliphatic rings. The van der Waals surface area contributed by atoms with Gasteiger partial charge in [-0.05, 0) is 30.2 Å². The highest BCUT2D eigenvalue weighted by Crippen LogP contribution is 2.25. The van der Waals surface area contributed by atoms with Crippen molar-refractivity contribution in [1.29, 1.82) is 0 Å². The van der Waals surface area contributed by atoms with Crippen molar-refractivity contribution in [1.82, 2.24) is 5.43 Å². The first-order chi connectivity index (χ1) is 14.3. The standard InChI is InChI=1S/C23H23N3O3S/c1-18-12-14-19(15-13-18)16-24-25-23(27)21-10-6-7-11-22(21)26(30(2,28)29)17-20-8-4-3-5-9-20/h3-16H,17H2,1-2H3,(H,25,27). The van der Waals surface area contributed by atoms with Crippen LogP contribution < -0.4 is 9.73 Å². The average molecular weight is 422 g/mol. The SMILES string of the molecule is Cc1ccc(C=NNC(=O)c2ccccc2N(Cc2ccccc2)S(C)(=O)=O)cc1. The molecule has 1 amide bonds. The molecule has 0 aromatic heterocycles. The van der Waals surface area contributed by atoms with Gasteiger partial charge in [0.05, 0.1) is 30.3 Å². The van der Waals surface area contributed by atoms with E-state index in [1.807, 2.05) is 61.5 Å². The molecule has 0 aliphatic carbocycles. The van der Waals surface area contributed by atoms with Crippen LogP contribution in [0.3, 0.4) is 0 Å². The molecular formula is C23H23N3O3S. The molecule has 1 N–H and O–H groups in total. The first-order valence-corrected chi connectivity index (χ1v) is 11.2. The van der Waals surface area contributed by atoms with Crippen LogP contribution in [0.5, 0.6) is 0 Å². The third kappa shape index (κ3) is 5.55. The number of rotatable bonds is 7. The van der Waals surface area contributed by atoms with Gasteiger partial charge in [-0.3, -0.25) is 9.10 Å². The molecule has 0 unspecified atom stereocenters. The van der Waals surface area contributed by atoms with E-state index in [4.69, 9.17) is 0 Å². The smallest absolute Gasteiger partial charge is 0.267 e. The number of hydrogen-bond donors (Lipinski definition) is 1. The zero-order chi connectivity index (χ0) is 21.6. The van der Waals surface area contributed by atoms with Crippen LogP contribution in [0.25, 0.3) is 0 Å². The van der Waals surface area contributed by atoms with Crippen molar-refractivity contribution in [3.8, 4) is 0 Å². The van der Waals surface area contributed by atoms with E-state index in [1.54, 1.807) is 24.3 Å². The minimum atomic E-state index is -3.62. The molecule has 0 saturated heterocycles. The Balaban J connectivity index is 1.85. The van der Waals surface area contributed by atoms with Gasteiger partial charge in [0.15, 0.2) is 0 Å². The molecule has 0 saturated carbocycles. The third-order valence-corrected chi connectivity index (χ3v) is 5.57. The second-order valence-corrected chi connectivity index (χ2v) is 8.79. The monoisotopic (exact) mass is 421 g/mol. The number of aryl methyl sites for hydroxylation is 1. The summed E-state index contributed by atoms with van der Waals surface area (Å²) in [5.74, 6) is -0.490. The van der Waals surface area contributed by atoms with Crippen LogP contribution in [0.4, 0.5) is 5.69 Å². The van der Waals surface area contributed by atoms with Gasteiger partial charge in [-0.1, -0.05) is 72.3 Å². The van der Waals surface area contributed by atoms with Gasteiger partial charge in [0.1, 0.15) is 0 Å². The van der Waals surface area contributed by atoms with E-state index in [9.17, 15) is 13.2 Å². The number of carbonyl (C=O) groups is 1. The van der Waals surface area contributed by atoms with E-state index in [1.165, 1.54) is 10.5 Å². The molecule has 0 fully saturated rings. The lowest BCUT2D eigenvalue weighted by atomic mass is 10.1. The summed E-state index contributed by atoms with van der Waals surface area (Å²) in [6.45, 7) is 2.11. The Bertz CT molecular complexity index is 1140. The van der Waals surface area contributed by atoms with Gasteiger partial charge in [0.2, 0.25) is 10.0 Å². The summed E-state index contributed by atoms with van der Waals surface area (Å²) < 4.78 is 26.2. The normalized spacial score (nSPS) is 11.4. The fourth-order valence-electron chi connectivity index (χ4n) is 2.89. The molecule has 3 rings (SSSR count). The van der Waals surface area contributed by atoms with Crippen LogP contribution in [0, 0.1) is 6.92 Å². The molecule has 6 nitrogen and oxygen atoms in total. The topological polar surface area (TPSA) is 78.8 Å². The molecule has 30 heavy (non-hydrogen) atoms. The number of para-hydroxylation sites is 1. The molecule has 3 aromatic carbocycles. The van der Waals surface area contributed by atoms with Crippen LogP contribution in [0.1, 0.15) is 27.0 Å². The second kappa shape index (κ2) is 9.37. The Labute approximate surface area is 176 Å². The minimum absolute atomic E-state index is 0.122. The highest BCUT2D eigenvalue weighted by Gasteiger charge is 2.23. The highest BCUT2D eigenvalue weighted by molar-refractivity contribution is 7.92. The maximum Gasteiger partial charge on any atom is 0.273 e. The lowest BCUT2D eigenvalue weighted by Crippen LogP contribution is -2.32. The van der Waals surface area contributed by atoms with Crippen molar-refractivity contribution in [2.75, 3.05) is 10.6 Å². The molecule has 3 aromatic rings. The zero-order valence-electron chi connectivity index (χ0n) is 16.8. The number of amides is 1. The molecule has 0 bridgehead atoms. The fourth-order valence-corrected chi connectivity index (χ4v) is 3.79. The first-order valence-electron chi connectivity index (χ1n) is 9.35. The molecule has 7 heteroatoms. The summed E-state index contributed by atoms with van der Waals surface area (Å²) in [6.07, 6.45) is 2.67. The average Bonchev–Trinajstić information content (AvgIpc) is 2.73. The van der Waals surface area contributed by atoms with E-state index in [2.05, 4.69) is 10.5 Å². The summed E-state index contributed by atoms with van der Waals surface area (Å²) in [5, 5.41) is 4.00. The lowest BCUT2D eigenvalue weighted by Gasteiger charge is -2.24. The quantitative estimate of drug-likeness (QED) is 0.466. The zero-order valence-corrected chi connectivity index (χ0v) is 17.6. The largest absolute Gasteiger partial charge is 0.273 e. The van der Waals surface area contributed by atoms with Gasteiger partial charge in [0, 0.05) is 0 Å². The Kier molecular flexibility index (Phi) is 6.64. The van der Waals surface area contributed by atoms with Crippen molar-refractivity contribution in [2.45, 2.75) is 13.5 Å². The Hall–Kier alpha value is -3.45. The number of nitrogens with zero attached hydrogens (tertiary/aromatic N) is 2. The predicted molar refractivity (Wildman–Crippen MR) is 120 cm³/mol. The Morgan fingerprint density at radius 2 is 1.60 bits per heavy atom. The van der Waals surface area contributed by atoms with Crippen LogP contribution in [0.15, 0.2) is 84.0 Å². The van der Waals surface area contributed by atoms with Crippen LogP contribution in [-0.2, 0) is 16.6 Å². The summed E-state index contributed by atoms with van der Waals surface area (Å²) >= 11 is 0. The summed E-state index contributed by atoms with van der Waals surface area (Å²) in [6, 6.07) is 23.5. The van der Waals surface area contributed by atoms with Gasteiger partial charge in [-0.15, -0.1) is 0 Å². The Morgan fingerprint density at radius 1 is 0.967 bits per heavy atom. The minimum Gasteiger partial charge on any atom is -0.267 e. The first kappa shape index (κ1) is 21.3. The molecule has 154 valence electrons.